The predicted octanol–water partition coefficient (Wildman–Crippen LogP) is 3.45. The first kappa shape index (κ1) is 20.7. The van der Waals surface area contributed by atoms with Gasteiger partial charge in [0, 0.05) is 18.5 Å². The molecule has 3 aromatic rings. The van der Waals surface area contributed by atoms with Crippen LogP contribution in [0, 0.1) is 0 Å². The van der Waals surface area contributed by atoms with Gasteiger partial charge in [0.05, 0.1) is 30.4 Å². The molecular formula is C24H24N4O3S. The summed E-state index contributed by atoms with van der Waals surface area (Å²) in [5.74, 6) is -0.315. The van der Waals surface area contributed by atoms with Crippen LogP contribution in [-0.2, 0) is 17.8 Å². The summed E-state index contributed by atoms with van der Waals surface area (Å²) in [7, 11) is 0. The highest BCUT2D eigenvalue weighted by atomic mass is 32.1. The van der Waals surface area contributed by atoms with Gasteiger partial charge in [-0.1, -0.05) is 36.4 Å². The molecule has 0 spiro atoms. The Morgan fingerprint density at radius 1 is 1.06 bits per heavy atom. The van der Waals surface area contributed by atoms with Crippen LogP contribution in [0.3, 0.4) is 0 Å². The second-order valence-corrected chi connectivity index (χ2v) is 8.97. The van der Waals surface area contributed by atoms with Crippen LogP contribution in [0.4, 0.5) is 16.5 Å². The molecule has 164 valence electrons. The largest absolute Gasteiger partial charge is 0.393 e. The van der Waals surface area contributed by atoms with E-state index in [0.29, 0.717) is 42.3 Å². The number of thiazole rings is 1. The van der Waals surface area contributed by atoms with Gasteiger partial charge in [0.15, 0.2) is 5.13 Å². The highest BCUT2D eigenvalue weighted by Gasteiger charge is 2.27. The number of amides is 2. The molecule has 0 atom stereocenters. The quantitative estimate of drug-likeness (QED) is 0.639. The number of anilines is 3. The van der Waals surface area contributed by atoms with E-state index in [9.17, 15) is 14.7 Å². The van der Waals surface area contributed by atoms with Gasteiger partial charge in [-0.05, 0) is 36.1 Å². The van der Waals surface area contributed by atoms with Crippen molar-refractivity contribution in [1.82, 2.24) is 4.98 Å². The molecule has 7 nitrogen and oxygen atoms in total. The topological polar surface area (TPSA) is 85.8 Å². The molecule has 1 fully saturated rings. The second kappa shape index (κ2) is 8.72. The van der Waals surface area contributed by atoms with E-state index >= 15 is 0 Å². The molecule has 1 aromatic heterocycles. The number of aliphatic hydroxyl groups is 1. The van der Waals surface area contributed by atoms with E-state index in [4.69, 9.17) is 0 Å². The fourth-order valence-electron chi connectivity index (χ4n) is 4.22. The molecule has 8 heteroatoms. The molecule has 0 bridgehead atoms. The lowest BCUT2D eigenvalue weighted by atomic mass is 10.00. The minimum atomic E-state index is -0.304. The minimum absolute atomic E-state index is 0.0114. The second-order valence-electron chi connectivity index (χ2n) is 8.13. The summed E-state index contributed by atoms with van der Waals surface area (Å²) < 4.78 is 0. The number of carbonyl (C=O) groups excluding carboxylic acids is 2. The smallest absolute Gasteiger partial charge is 0.275 e. The third kappa shape index (κ3) is 4.11. The van der Waals surface area contributed by atoms with Crippen molar-refractivity contribution in [3.63, 3.8) is 0 Å². The average Bonchev–Trinajstić information content (AvgIpc) is 3.30. The van der Waals surface area contributed by atoms with E-state index in [2.05, 4.69) is 15.2 Å². The summed E-state index contributed by atoms with van der Waals surface area (Å²) >= 11 is 1.30. The summed E-state index contributed by atoms with van der Waals surface area (Å²) in [5.41, 5.74) is 4.09. The van der Waals surface area contributed by atoms with Crippen LogP contribution in [-0.4, -0.2) is 41.1 Å². The van der Waals surface area contributed by atoms with E-state index in [0.717, 1.165) is 29.9 Å². The lowest BCUT2D eigenvalue weighted by molar-refractivity contribution is -0.118. The van der Waals surface area contributed by atoms with Gasteiger partial charge in [0.2, 0.25) is 5.91 Å². The first-order chi connectivity index (χ1) is 15.6. The number of hydrogen-bond donors (Lipinski definition) is 2. The maximum Gasteiger partial charge on any atom is 0.275 e. The van der Waals surface area contributed by atoms with Crippen molar-refractivity contribution in [3.05, 3.63) is 70.7 Å². The molecule has 32 heavy (non-hydrogen) atoms. The molecular weight excluding hydrogens is 424 g/mol. The standard InChI is InChI=1S/C24H24N4O3S/c29-18-9-11-27(12-10-18)21-8-4-3-7-19(21)25-23(31)20-15-32-24(26-20)28-14-17-6-2-1-5-16(17)13-22(28)30/h1-8,15,18,29H,9-14H2,(H,25,31). The highest BCUT2D eigenvalue weighted by molar-refractivity contribution is 7.14. The van der Waals surface area contributed by atoms with Crippen LogP contribution >= 0.6 is 11.3 Å². The summed E-state index contributed by atoms with van der Waals surface area (Å²) in [5, 5.41) is 15.0. The molecule has 0 unspecified atom stereocenters. The van der Waals surface area contributed by atoms with Gasteiger partial charge in [-0.25, -0.2) is 4.98 Å². The molecule has 0 aliphatic carbocycles. The number of rotatable bonds is 4. The van der Waals surface area contributed by atoms with Gasteiger partial charge in [-0.3, -0.25) is 14.5 Å². The fourth-order valence-corrected chi connectivity index (χ4v) is 5.04. The lowest BCUT2D eigenvalue weighted by Gasteiger charge is -2.32. The van der Waals surface area contributed by atoms with Crippen molar-refractivity contribution in [2.75, 3.05) is 28.2 Å². The Bertz CT molecular complexity index is 1150. The Labute approximate surface area is 190 Å². The molecule has 2 aliphatic heterocycles. The van der Waals surface area contributed by atoms with Crippen molar-refractivity contribution in [2.45, 2.75) is 31.9 Å². The van der Waals surface area contributed by atoms with Crippen LogP contribution in [0.15, 0.2) is 53.9 Å². The Morgan fingerprint density at radius 3 is 2.59 bits per heavy atom. The van der Waals surface area contributed by atoms with Gasteiger partial charge in [-0.2, -0.15) is 0 Å². The molecule has 2 aromatic carbocycles. The number of aromatic nitrogens is 1. The van der Waals surface area contributed by atoms with Gasteiger partial charge in [0.1, 0.15) is 5.69 Å². The normalized spacial score (nSPS) is 16.7. The molecule has 2 N–H and O–H groups in total. The summed E-state index contributed by atoms with van der Waals surface area (Å²) in [6.07, 6.45) is 1.51. The van der Waals surface area contributed by atoms with Crippen LogP contribution < -0.4 is 15.1 Å². The van der Waals surface area contributed by atoms with E-state index in [-0.39, 0.29) is 17.9 Å². The molecule has 3 heterocycles. The molecule has 2 aliphatic rings. The lowest BCUT2D eigenvalue weighted by Crippen LogP contribution is -2.36. The van der Waals surface area contributed by atoms with Crippen molar-refractivity contribution < 1.29 is 14.7 Å². The van der Waals surface area contributed by atoms with Crippen molar-refractivity contribution >= 4 is 39.7 Å². The summed E-state index contributed by atoms with van der Waals surface area (Å²) in [4.78, 5) is 33.9. The number of fused-ring (bicyclic) bond motifs is 1. The number of benzene rings is 2. The number of piperidine rings is 1. The zero-order valence-corrected chi connectivity index (χ0v) is 18.3. The summed E-state index contributed by atoms with van der Waals surface area (Å²) in [6, 6.07) is 15.6. The first-order valence-electron chi connectivity index (χ1n) is 10.7. The maximum atomic E-state index is 12.9. The van der Waals surface area contributed by atoms with E-state index in [1.54, 1.807) is 10.3 Å². The number of para-hydroxylation sites is 2. The molecule has 0 radical (unpaired) electrons. The number of nitrogens with one attached hydrogen (secondary N) is 1. The minimum Gasteiger partial charge on any atom is -0.393 e. The maximum absolute atomic E-state index is 12.9. The number of hydrogen-bond acceptors (Lipinski definition) is 6. The van der Waals surface area contributed by atoms with Gasteiger partial charge in [0.25, 0.3) is 5.91 Å². The summed E-state index contributed by atoms with van der Waals surface area (Å²) in [6.45, 7) is 1.95. The Balaban J connectivity index is 1.32. The molecule has 5 rings (SSSR count). The van der Waals surface area contributed by atoms with Crippen LogP contribution in [0.5, 0.6) is 0 Å². The first-order valence-corrected chi connectivity index (χ1v) is 11.6. The Hall–Kier alpha value is -3.23. The predicted molar refractivity (Wildman–Crippen MR) is 125 cm³/mol. The molecule has 0 saturated carbocycles. The third-order valence-electron chi connectivity index (χ3n) is 6.00. The van der Waals surface area contributed by atoms with Crippen LogP contribution in [0.2, 0.25) is 0 Å². The van der Waals surface area contributed by atoms with Gasteiger partial charge < -0.3 is 15.3 Å². The van der Waals surface area contributed by atoms with Crippen molar-refractivity contribution in [3.8, 4) is 0 Å². The Kier molecular flexibility index (Phi) is 5.63. The van der Waals surface area contributed by atoms with E-state index < -0.39 is 0 Å². The monoisotopic (exact) mass is 448 g/mol. The highest BCUT2D eigenvalue weighted by Crippen LogP contribution is 2.31. The Morgan fingerprint density at radius 2 is 1.78 bits per heavy atom. The van der Waals surface area contributed by atoms with Crippen LogP contribution in [0.25, 0.3) is 0 Å². The number of aliphatic hydroxyl groups excluding tert-OH is 1. The zero-order valence-electron chi connectivity index (χ0n) is 17.5. The number of nitrogens with zero attached hydrogens (tertiary/aromatic N) is 3. The van der Waals surface area contributed by atoms with Gasteiger partial charge >= 0.3 is 0 Å². The van der Waals surface area contributed by atoms with Crippen molar-refractivity contribution in [2.24, 2.45) is 0 Å². The van der Waals surface area contributed by atoms with Crippen molar-refractivity contribution in [1.29, 1.82) is 0 Å². The van der Waals surface area contributed by atoms with E-state index in [1.165, 1.54) is 11.3 Å². The fraction of sp³-hybridized carbons (Fsp3) is 0.292. The molecule has 2 amide bonds. The molecule has 1 saturated heterocycles. The van der Waals surface area contributed by atoms with Gasteiger partial charge in [-0.15, -0.1) is 11.3 Å². The SMILES string of the molecule is O=C(Nc1ccccc1N1CCC(O)CC1)c1csc(N2Cc3ccccc3CC2=O)n1. The van der Waals surface area contributed by atoms with Crippen LogP contribution in [0.1, 0.15) is 34.5 Å². The number of carbonyl (C=O) groups is 2. The third-order valence-corrected chi connectivity index (χ3v) is 6.87. The average molecular weight is 449 g/mol. The zero-order chi connectivity index (χ0) is 22.1. The van der Waals surface area contributed by atoms with E-state index in [1.807, 2.05) is 48.5 Å².